The lowest BCUT2D eigenvalue weighted by molar-refractivity contribution is 0.337. The van der Waals surface area contributed by atoms with Crippen LogP contribution in [-0.4, -0.2) is 46.0 Å². The minimum Gasteiger partial charge on any atom is -0.494 e. The molecule has 0 saturated carbocycles. The predicted octanol–water partition coefficient (Wildman–Crippen LogP) is 1.60. The second-order valence-corrected chi connectivity index (χ2v) is 7.27. The Balaban J connectivity index is 2.14. The molecule has 21 heavy (non-hydrogen) atoms. The van der Waals surface area contributed by atoms with E-state index in [0.29, 0.717) is 6.54 Å². The first kappa shape index (κ1) is 16.2. The molecule has 0 aromatic heterocycles. The number of methoxy groups -OCH3 is 1. The van der Waals surface area contributed by atoms with Crippen molar-refractivity contribution in [2.24, 2.45) is 0 Å². The maximum atomic E-state index is 13.7. The van der Waals surface area contributed by atoms with Crippen LogP contribution in [-0.2, 0) is 10.0 Å². The van der Waals surface area contributed by atoms with Gasteiger partial charge in [0.05, 0.1) is 12.0 Å². The van der Waals surface area contributed by atoms with Gasteiger partial charge in [-0.15, -0.1) is 0 Å². The number of nitrogens with zero attached hydrogens (tertiary/aromatic N) is 1. The number of hydrogen-bond acceptors (Lipinski definition) is 4. The van der Waals surface area contributed by atoms with Gasteiger partial charge in [-0.25, -0.2) is 12.8 Å². The van der Waals surface area contributed by atoms with E-state index < -0.39 is 15.8 Å². The maximum absolute atomic E-state index is 13.7. The van der Waals surface area contributed by atoms with Crippen LogP contribution in [0.25, 0.3) is 0 Å². The van der Waals surface area contributed by atoms with E-state index in [4.69, 9.17) is 4.74 Å². The topological polar surface area (TPSA) is 58.6 Å². The van der Waals surface area contributed by atoms with Crippen molar-refractivity contribution < 1.29 is 17.5 Å². The van der Waals surface area contributed by atoms with Crippen molar-refractivity contribution in [3.05, 3.63) is 24.0 Å². The molecule has 118 valence electrons. The molecule has 1 unspecified atom stereocenters. The van der Waals surface area contributed by atoms with E-state index in [1.54, 1.807) is 0 Å². The summed E-state index contributed by atoms with van der Waals surface area (Å²) in [6.45, 7) is 1.30. The van der Waals surface area contributed by atoms with Crippen LogP contribution in [0.2, 0.25) is 0 Å². The summed E-state index contributed by atoms with van der Waals surface area (Å²) in [6.07, 6.45) is 3.18. The Labute approximate surface area is 125 Å². The fourth-order valence-electron chi connectivity index (χ4n) is 2.48. The zero-order chi connectivity index (χ0) is 15.5. The lowest BCUT2D eigenvalue weighted by Gasteiger charge is -2.27. The average molecular weight is 316 g/mol. The lowest BCUT2D eigenvalue weighted by Crippen LogP contribution is -2.44. The molecule has 0 radical (unpaired) electrons. The summed E-state index contributed by atoms with van der Waals surface area (Å²) >= 11 is 0. The van der Waals surface area contributed by atoms with E-state index in [0.717, 1.165) is 31.9 Å². The van der Waals surface area contributed by atoms with Crippen LogP contribution in [0.5, 0.6) is 5.75 Å². The largest absolute Gasteiger partial charge is 0.494 e. The summed E-state index contributed by atoms with van der Waals surface area (Å²) in [5.41, 5.74) is 0. The summed E-state index contributed by atoms with van der Waals surface area (Å²) < 4.78 is 44.7. The molecule has 1 saturated heterocycles. The van der Waals surface area contributed by atoms with Crippen LogP contribution in [0.4, 0.5) is 4.39 Å². The second kappa shape index (κ2) is 6.72. The summed E-state index contributed by atoms with van der Waals surface area (Å²) in [5.74, 6) is -0.645. The maximum Gasteiger partial charge on any atom is 0.242 e. The number of sulfonamides is 1. The third-order valence-electron chi connectivity index (χ3n) is 3.72. The Bertz CT molecular complexity index is 586. The summed E-state index contributed by atoms with van der Waals surface area (Å²) in [6, 6.07) is 3.84. The molecule has 2 rings (SSSR count). The number of benzene rings is 1. The van der Waals surface area contributed by atoms with E-state index in [1.807, 2.05) is 0 Å². The van der Waals surface area contributed by atoms with Crippen LogP contribution in [0.15, 0.2) is 23.1 Å². The molecule has 1 aliphatic heterocycles. The van der Waals surface area contributed by atoms with Crippen LogP contribution < -0.4 is 10.1 Å². The molecule has 1 aromatic rings. The van der Waals surface area contributed by atoms with E-state index in [2.05, 4.69) is 5.32 Å². The summed E-state index contributed by atoms with van der Waals surface area (Å²) in [4.78, 5) is -0.0564. The Morgan fingerprint density at radius 1 is 1.43 bits per heavy atom. The highest BCUT2D eigenvalue weighted by atomic mass is 32.2. The molecule has 1 aliphatic rings. The minimum atomic E-state index is -3.69. The van der Waals surface area contributed by atoms with Crippen molar-refractivity contribution in [1.29, 1.82) is 0 Å². The first-order valence-corrected chi connectivity index (χ1v) is 8.42. The molecule has 0 spiro atoms. The molecule has 1 N–H and O–H groups in total. The number of ether oxygens (including phenoxy) is 1. The Hall–Kier alpha value is -1.18. The monoisotopic (exact) mass is 316 g/mol. The highest BCUT2D eigenvalue weighted by Crippen LogP contribution is 2.23. The zero-order valence-electron chi connectivity index (χ0n) is 12.3. The summed E-state index contributed by atoms with van der Waals surface area (Å²) in [7, 11) is -0.826. The van der Waals surface area contributed by atoms with E-state index in [9.17, 15) is 12.8 Å². The van der Waals surface area contributed by atoms with Gasteiger partial charge in [0, 0.05) is 19.6 Å². The third-order valence-corrected chi connectivity index (χ3v) is 5.54. The Kier molecular flexibility index (Phi) is 5.18. The van der Waals surface area contributed by atoms with Crippen molar-refractivity contribution in [2.75, 3.05) is 27.2 Å². The molecule has 1 aromatic carbocycles. The summed E-state index contributed by atoms with van der Waals surface area (Å²) in [5, 5.41) is 3.30. The van der Waals surface area contributed by atoms with E-state index in [-0.39, 0.29) is 16.7 Å². The highest BCUT2D eigenvalue weighted by molar-refractivity contribution is 7.89. The normalized spacial score (nSPS) is 19.7. The smallest absolute Gasteiger partial charge is 0.242 e. The van der Waals surface area contributed by atoms with E-state index >= 15 is 0 Å². The van der Waals surface area contributed by atoms with Crippen LogP contribution in [0, 0.1) is 5.82 Å². The number of rotatable bonds is 5. The molecule has 1 fully saturated rings. The first-order valence-electron chi connectivity index (χ1n) is 6.98. The van der Waals surface area contributed by atoms with Crippen LogP contribution in [0.1, 0.15) is 19.3 Å². The lowest BCUT2D eigenvalue weighted by atomic mass is 10.1. The minimum absolute atomic E-state index is 0.0329. The number of hydrogen-bond donors (Lipinski definition) is 1. The molecule has 1 atom stereocenters. The molecule has 0 bridgehead atoms. The van der Waals surface area contributed by atoms with Crippen molar-refractivity contribution in [3.63, 3.8) is 0 Å². The van der Waals surface area contributed by atoms with Gasteiger partial charge < -0.3 is 10.1 Å². The van der Waals surface area contributed by atoms with Crippen molar-refractivity contribution in [1.82, 2.24) is 9.62 Å². The molecule has 5 nitrogen and oxygen atoms in total. The number of likely N-dealkylation sites (N-methyl/N-ethyl adjacent to an activating group) is 1. The van der Waals surface area contributed by atoms with Crippen molar-refractivity contribution >= 4 is 10.0 Å². The molecule has 7 heteroatoms. The van der Waals surface area contributed by atoms with Crippen molar-refractivity contribution in [2.45, 2.75) is 30.2 Å². The molecule has 0 aliphatic carbocycles. The third kappa shape index (κ3) is 3.72. The van der Waals surface area contributed by atoms with E-state index in [1.165, 1.54) is 30.6 Å². The van der Waals surface area contributed by atoms with Gasteiger partial charge >= 0.3 is 0 Å². The second-order valence-electron chi connectivity index (χ2n) is 5.23. The number of piperidine rings is 1. The van der Waals surface area contributed by atoms with Crippen LogP contribution in [0.3, 0.4) is 0 Å². The molecular weight excluding hydrogens is 295 g/mol. The van der Waals surface area contributed by atoms with Gasteiger partial charge in [-0.3, -0.25) is 0 Å². The van der Waals surface area contributed by atoms with Gasteiger partial charge in [-0.05, 0) is 37.6 Å². The van der Waals surface area contributed by atoms with Gasteiger partial charge in [0.25, 0.3) is 0 Å². The predicted molar refractivity (Wildman–Crippen MR) is 78.4 cm³/mol. The van der Waals surface area contributed by atoms with Gasteiger partial charge in [0.1, 0.15) is 0 Å². The van der Waals surface area contributed by atoms with Gasteiger partial charge in [0.2, 0.25) is 10.0 Å². The van der Waals surface area contributed by atoms with Gasteiger partial charge in [-0.2, -0.15) is 4.31 Å². The fraction of sp³-hybridized carbons (Fsp3) is 0.571. The van der Waals surface area contributed by atoms with Gasteiger partial charge in [-0.1, -0.05) is 6.42 Å². The molecule has 0 amide bonds. The van der Waals surface area contributed by atoms with Gasteiger partial charge in [0.15, 0.2) is 11.6 Å². The zero-order valence-corrected chi connectivity index (χ0v) is 13.1. The highest BCUT2D eigenvalue weighted by Gasteiger charge is 2.25. The SMILES string of the molecule is COc1ccc(S(=O)(=O)N(C)CC2CCCCN2)cc1F. The standard InChI is InChI=1S/C14H21FN2O3S/c1-17(10-11-5-3-4-8-16-11)21(18,19)12-6-7-14(20-2)13(15)9-12/h6-7,9,11,16H,3-5,8,10H2,1-2H3. The quantitative estimate of drug-likeness (QED) is 0.896. The number of nitrogens with one attached hydrogen (secondary N) is 1. The average Bonchev–Trinajstić information content (AvgIpc) is 2.48. The number of halogens is 1. The Morgan fingerprint density at radius 3 is 2.76 bits per heavy atom. The molecular formula is C14H21FN2O3S. The van der Waals surface area contributed by atoms with Crippen molar-refractivity contribution in [3.8, 4) is 5.75 Å². The first-order chi connectivity index (χ1) is 9.95. The molecule has 1 heterocycles. The van der Waals surface area contributed by atoms with Crippen LogP contribution >= 0.6 is 0 Å². The fourth-order valence-corrected chi connectivity index (χ4v) is 3.70. The Morgan fingerprint density at radius 2 is 2.19 bits per heavy atom.